The molecule has 1 aromatic rings. The smallest absolute Gasteiger partial charge is 0.186 e. The Morgan fingerprint density at radius 2 is 2.20 bits per heavy atom. The minimum absolute atomic E-state index is 0.683. The van der Waals surface area contributed by atoms with Gasteiger partial charge < -0.3 is 10.2 Å². The Hall–Kier alpha value is -0.610. The second kappa shape index (κ2) is 7.41. The second-order valence-corrected chi connectivity index (χ2v) is 7.11. The maximum Gasteiger partial charge on any atom is 0.186 e. The van der Waals surface area contributed by atoms with Gasteiger partial charge in [-0.3, -0.25) is 0 Å². The highest BCUT2D eigenvalue weighted by Crippen LogP contribution is 2.34. The van der Waals surface area contributed by atoms with E-state index in [9.17, 15) is 0 Å². The summed E-state index contributed by atoms with van der Waals surface area (Å²) in [7, 11) is 0. The van der Waals surface area contributed by atoms with Crippen molar-refractivity contribution in [2.45, 2.75) is 66.0 Å². The SMILES string of the molecule is CCCc1nc(N2CCCC2C(C)C)sc1CNCC. The van der Waals surface area contributed by atoms with Crippen LogP contribution in [0.5, 0.6) is 0 Å². The van der Waals surface area contributed by atoms with Crippen molar-refractivity contribution in [3.8, 4) is 0 Å². The van der Waals surface area contributed by atoms with Crippen LogP contribution in [0.4, 0.5) is 5.13 Å². The van der Waals surface area contributed by atoms with Gasteiger partial charge in [0.15, 0.2) is 5.13 Å². The van der Waals surface area contributed by atoms with Crippen LogP contribution in [0, 0.1) is 5.92 Å². The van der Waals surface area contributed by atoms with Crippen molar-refractivity contribution in [3.63, 3.8) is 0 Å². The maximum absolute atomic E-state index is 4.97. The average Bonchev–Trinajstić information content (AvgIpc) is 3.03. The molecule has 0 amide bonds. The van der Waals surface area contributed by atoms with Crippen LogP contribution in [0.25, 0.3) is 0 Å². The van der Waals surface area contributed by atoms with Gasteiger partial charge in [0.05, 0.1) is 5.69 Å². The third kappa shape index (κ3) is 3.53. The molecule has 1 atom stereocenters. The summed E-state index contributed by atoms with van der Waals surface area (Å²) in [5.74, 6) is 0.716. The predicted molar refractivity (Wildman–Crippen MR) is 88.7 cm³/mol. The third-order valence-corrected chi connectivity index (χ3v) is 5.24. The number of hydrogen-bond acceptors (Lipinski definition) is 4. The van der Waals surface area contributed by atoms with Crippen molar-refractivity contribution in [2.75, 3.05) is 18.0 Å². The minimum atomic E-state index is 0.683. The first-order valence-corrected chi connectivity index (χ1v) is 8.94. The van der Waals surface area contributed by atoms with E-state index in [0.29, 0.717) is 12.0 Å². The molecule has 1 N–H and O–H groups in total. The van der Waals surface area contributed by atoms with Crippen molar-refractivity contribution in [1.82, 2.24) is 10.3 Å². The van der Waals surface area contributed by atoms with E-state index in [-0.39, 0.29) is 0 Å². The number of thiazole rings is 1. The van der Waals surface area contributed by atoms with E-state index in [1.54, 1.807) is 0 Å². The summed E-state index contributed by atoms with van der Waals surface area (Å²) in [6.07, 6.45) is 4.92. The van der Waals surface area contributed by atoms with E-state index < -0.39 is 0 Å². The van der Waals surface area contributed by atoms with E-state index >= 15 is 0 Å². The average molecular weight is 295 g/mol. The van der Waals surface area contributed by atoms with Crippen molar-refractivity contribution in [1.29, 1.82) is 0 Å². The Balaban J connectivity index is 2.18. The molecular formula is C16H29N3S. The number of rotatable bonds is 7. The molecule has 0 aromatic carbocycles. The first kappa shape index (κ1) is 15.8. The number of aromatic nitrogens is 1. The van der Waals surface area contributed by atoms with Gasteiger partial charge in [-0.1, -0.05) is 34.1 Å². The lowest BCUT2D eigenvalue weighted by Gasteiger charge is -2.27. The topological polar surface area (TPSA) is 28.2 Å². The Kier molecular flexibility index (Phi) is 5.85. The number of nitrogens with one attached hydrogen (secondary N) is 1. The predicted octanol–water partition coefficient (Wildman–Crippen LogP) is 3.83. The van der Waals surface area contributed by atoms with Gasteiger partial charge in [0.2, 0.25) is 0 Å². The van der Waals surface area contributed by atoms with Gasteiger partial charge in [-0.05, 0) is 31.7 Å². The van der Waals surface area contributed by atoms with E-state index in [1.807, 2.05) is 11.3 Å². The number of nitrogens with zero attached hydrogens (tertiary/aromatic N) is 2. The molecule has 1 aromatic heterocycles. The molecule has 0 radical (unpaired) electrons. The maximum atomic E-state index is 4.97. The Morgan fingerprint density at radius 1 is 1.40 bits per heavy atom. The summed E-state index contributed by atoms with van der Waals surface area (Å²) in [5, 5.41) is 4.71. The van der Waals surface area contributed by atoms with Crippen molar-refractivity contribution in [3.05, 3.63) is 10.6 Å². The van der Waals surface area contributed by atoms with Gasteiger partial charge >= 0.3 is 0 Å². The summed E-state index contributed by atoms with van der Waals surface area (Å²) in [4.78, 5) is 8.97. The third-order valence-electron chi connectivity index (χ3n) is 4.10. The molecule has 0 spiro atoms. The van der Waals surface area contributed by atoms with E-state index in [2.05, 4.69) is 37.9 Å². The lowest BCUT2D eigenvalue weighted by molar-refractivity contribution is 0.491. The van der Waals surface area contributed by atoms with Crippen LogP contribution >= 0.6 is 11.3 Å². The van der Waals surface area contributed by atoms with Gasteiger partial charge in [-0.2, -0.15) is 0 Å². The number of anilines is 1. The van der Waals surface area contributed by atoms with Gasteiger partial charge in [-0.15, -0.1) is 11.3 Å². The van der Waals surface area contributed by atoms with Gasteiger partial charge in [0, 0.05) is 24.0 Å². The quantitative estimate of drug-likeness (QED) is 0.828. The summed E-state index contributed by atoms with van der Waals surface area (Å²) in [6, 6.07) is 0.683. The normalized spacial score (nSPS) is 19.2. The zero-order valence-electron chi connectivity index (χ0n) is 13.4. The molecular weight excluding hydrogens is 266 g/mol. The highest BCUT2D eigenvalue weighted by molar-refractivity contribution is 7.15. The molecule has 2 heterocycles. The Morgan fingerprint density at radius 3 is 2.85 bits per heavy atom. The largest absolute Gasteiger partial charge is 0.345 e. The fourth-order valence-corrected chi connectivity index (χ4v) is 4.18. The van der Waals surface area contributed by atoms with Crippen LogP contribution in [0.1, 0.15) is 57.5 Å². The molecule has 0 bridgehead atoms. The molecule has 1 aliphatic rings. The summed E-state index contributed by atoms with van der Waals surface area (Å²) in [5.41, 5.74) is 1.32. The van der Waals surface area contributed by atoms with Crippen LogP contribution < -0.4 is 10.2 Å². The molecule has 1 fully saturated rings. The number of aryl methyl sites for hydroxylation is 1. The molecule has 1 aliphatic heterocycles. The molecule has 20 heavy (non-hydrogen) atoms. The van der Waals surface area contributed by atoms with E-state index in [0.717, 1.165) is 19.5 Å². The minimum Gasteiger partial charge on any atom is -0.345 e. The zero-order valence-corrected chi connectivity index (χ0v) is 14.2. The fourth-order valence-electron chi connectivity index (χ4n) is 3.02. The van der Waals surface area contributed by atoms with Crippen LogP contribution in [-0.4, -0.2) is 24.1 Å². The summed E-state index contributed by atoms with van der Waals surface area (Å²) < 4.78 is 0. The lowest BCUT2D eigenvalue weighted by atomic mass is 10.0. The first-order valence-electron chi connectivity index (χ1n) is 8.13. The first-order chi connectivity index (χ1) is 9.67. The van der Waals surface area contributed by atoms with Crippen molar-refractivity contribution >= 4 is 16.5 Å². The summed E-state index contributed by atoms with van der Waals surface area (Å²) in [6.45, 7) is 12.3. The highest BCUT2D eigenvalue weighted by atomic mass is 32.1. The standard InChI is InChI=1S/C16H29N3S/c1-5-8-13-15(11-17-6-2)20-16(18-13)19-10-7-9-14(19)12(3)4/h12,14,17H,5-11H2,1-4H3. The van der Waals surface area contributed by atoms with Gasteiger partial charge in [0.1, 0.15) is 0 Å². The van der Waals surface area contributed by atoms with E-state index in [4.69, 9.17) is 4.98 Å². The zero-order chi connectivity index (χ0) is 14.5. The molecule has 2 rings (SSSR count). The van der Waals surface area contributed by atoms with E-state index in [1.165, 1.54) is 41.5 Å². The van der Waals surface area contributed by atoms with Gasteiger partial charge in [0.25, 0.3) is 0 Å². The second-order valence-electron chi connectivity index (χ2n) is 6.04. The van der Waals surface area contributed by atoms with Crippen LogP contribution in [0.2, 0.25) is 0 Å². The van der Waals surface area contributed by atoms with Gasteiger partial charge in [-0.25, -0.2) is 4.98 Å². The molecule has 0 aliphatic carbocycles. The molecule has 1 saturated heterocycles. The molecule has 0 saturated carbocycles. The molecule has 1 unspecified atom stereocenters. The van der Waals surface area contributed by atoms with Crippen LogP contribution in [0.3, 0.4) is 0 Å². The number of hydrogen-bond donors (Lipinski definition) is 1. The van der Waals surface area contributed by atoms with Crippen LogP contribution in [-0.2, 0) is 13.0 Å². The lowest BCUT2D eigenvalue weighted by Crippen LogP contribution is -2.33. The summed E-state index contributed by atoms with van der Waals surface area (Å²) >= 11 is 1.91. The monoisotopic (exact) mass is 295 g/mol. The van der Waals surface area contributed by atoms with Crippen LogP contribution in [0.15, 0.2) is 0 Å². The Labute approximate surface area is 127 Å². The molecule has 4 heteroatoms. The molecule has 114 valence electrons. The highest BCUT2D eigenvalue weighted by Gasteiger charge is 2.29. The van der Waals surface area contributed by atoms with Crippen molar-refractivity contribution < 1.29 is 0 Å². The molecule has 3 nitrogen and oxygen atoms in total. The fraction of sp³-hybridized carbons (Fsp3) is 0.812. The Bertz CT molecular complexity index is 414. The van der Waals surface area contributed by atoms with Crippen molar-refractivity contribution in [2.24, 2.45) is 5.92 Å².